The molecule has 24 heavy (non-hydrogen) atoms. The first kappa shape index (κ1) is 15.3. The number of aromatic nitrogens is 1. The third-order valence-electron chi connectivity index (χ3n) is 5.29. The normalized spacial score (nSPS) is 21.0. The Balaban J connectivity index is 1.98. The van der Waals surface area contributed by atoms with E-state index in [1.165, 1.54) is 10.4 Å². The Hall–Kier alpha value is -2.23. The lowest BCUT2D eigenvalue weighted by Crippen LogP contribution is -2.63. The van der Waals surface area contributed by atoms with Crippen LogP contribution in [0.25, 0.3) is 0 Å². The van der Waals surface area contributed by atoms with Gasteiger partial charge in [0.1, 0.15) is 13.7 Å². The Morgan fingerprint density at radius 2 is 1.54 bits per heavy atom. The fraction of sp³-hybridized carbons (Fsp3) is 0.190. The number of hydrogen-bond acceptors (Lipinski definition) is 2. The van der Waals surface area contributed by atoms with Crippen molar-refractivity contribution in [2.24, 2.45) is 0 Å². The molecule has 0 spiro atoms. The number of hydrogen-bond donors (Lipinski definition) is 1. The van der Waals surface area contributed by atoms with Crippen molar-refractivity contribution in [3.05, 3.63) is 89.7 Å². The van der Waals surface area contributed by atoms with Crippen molar-refractivity contribution in [3.63, 3.8) is 0 Å². The summed E-state index contributed by atoms with van der Waals surface area (Å²) >= 11 is 0. The lowest BCUT2D eigenvalue weighted by molar-refractivity contribution is 0.0820. The van der Waals surface area contributed by atoms with E-state index in [-0.39, 0.29) is 0 Å². The maximum Gasteiger partial charge on any atom is 0.120 e. The summed E-state index contributed by atoms with van der Waals surface area (Å²) in [4.78, 5) is 4.34. The Bertz CT molecular complexity index is 840. The zero-order valence-electron chi connectivity index (χ0n) is 14.0. The Morgan fingerprint density at radius 3 is 2.33 bits per heavy atom. The zero-order valence-corrected chi connectivity index (χ0v) is 15.0. The highest BCUT2D eigenvalue weighted by atomic mass is 28.3. The van der Waals surface area contributed by atoms with Crippen molar-refractivity contribution < 1.29 is 5.11 Å². The molecule has 1 N–H and O–H groups in total. The predicted molar refractivity (Wildman–Crippen MR) is 101 cm³/mol. The average molecular weight is 331 g/mol. The van der Waals surface area contributed by atoms with Gasteiger partial charge in [0.05, 0.1) is 0 Å². The first-order chi connectivity index (χ1) is 11.5. The highest BCUT2D eigenvalue weighted by Crippen LogP contribution is 2.36. The van der Waals surface area contributed by atoms with Crippen LogP contribution in [0.1, 0.15) is 16.7 Å². The fourth-order valence-electron chi connectivity index (χ4n) is 4.03. The van der Waals surface area contributed by atoms with Crippen LogP contribution in [-0.2, 0) is 12.0 Å². The van der Waals surface area contributed by atoms with E-state index in [1.807, 2.05) is 36.7 Å². The van der Waals surface area contributed by atoms with Crippen LogP contribution < -0.4 is 10.4 Å². The molecule has 0 fully saturated rings. The molecule has 3 heteroatoms. The number of rotatable bonds is 2. The summed E-state index contributed by atoms with van der Waals surface area (Å²) in [7, 11) is -1.84. The largest absolute Gasteiger partial charge is 0.380 e. The van der Waals surface area contributed by atoms with Gasteiger partial charge in [0.2, 0.25) is 0 Å². The van der Waals surface area contributed by atoms with Crippen molar-refractivity contribution in [2.45, 2.75) is 25.1 Å². The minimum atomic E-state index is -1.84. The van der Waals surface area contributed by atoms with Gasteiger partial charge in [-0.1, -0.05) is 67.7 Å². The van der Waals surface area contributed by atoms with Crippen LogP contribution in [0.5, 0.6) is 0 Å². The van der Waals surface area contributed by atoms with Crippen molar-refractivity contribution in [1.82, 2.24) is 4.98 Å². The molecule has 0 radical (unpaired) electrons. The lowest BCUT2D eigenvalue weighted by Gasteiger charge is -2.43. The van der Waals surface area contributed by atoms with E-state index in [0.29, 0.717) is 6.42 Å². The number of aliphatic hydroxyl groups is 1. The molecule has 0 bridgehead atoms. The predicted octanol–water partition coefficient (Wildman–Crippen LogP) is 2.70. The molecular formula is C21H21NOSi. The second-order valence-electron chi connectivity index (χ2n) is 7.11. The van der Waals surface area contributed by atoms with Crippen LogP contribution in [0.15, 0.2) is 73.1 Å². The molecule has 3 aromatic rings. The first-order valence-corrected chi connectivity index (χ1v) is 11.3. The third kappa shape index (κ3) is 2.16. The summed E-state index contributed by atoms with van der Waals surface area (Å²) in [5, 5.41) is 14.5. The highest BCUT2D eigenvalue weighted by Gasteiger charge is 2.46. The monoisotopic (exact) mass is 331 g/mol. The number of fused-ring (bicyclic) bond motifs is 2. The number of nitrogens with zero attached hydrogens (tertiary/aromatic N) is 1. The standard InChI is InChI=1S/C21H21NOSi/c1-24(2)19-11-7-6-10-17(19)21(23,14-16-8-4-3-5-9-16)18-15-22-13-12-20(18)24/h3-13,15,23H,14H2,1-2H3. The summed E-state index contributed by atoms with van der Waals surface area (Å²) in [5.74, 6) is 0. The van der Waals surface area contributed by atoms with Crippen LogP contribution in [0.3, 0.4) is 0 Å². The third-order valence-corrected chi connectivity index (χ3v) is 8.85. The van der Waals surface area contributed by atoms with Gasteiger partial charge in [-0.3, -0.25) is 4.98 Å². The van der Waals surface area contributed by atoms with Crippen molar-refractivity contribution in [2.75, 3.05) is 0 Å². The van der Waals surface area contributed by atoms with Gasteiger partial charge in [0, 0.05) is 24.4 Å². The molecule has 0 amide bonds. The van der Waals surface area contributed by atoms with Gasteiger partial charge in [-0.05, 0) is 27.6 Å². The van der Waals surface area contributed by atoms with Gasteiger partial charge in [0.15, 0.2) is 0 Å². The molecular weight excluding hydrogens is 310 g/mol. The van der Waals surface area contributed by atoms with Gasteiger partial charge in [-0.2, -0.15) is 0 Å². The smallest absolute Gasteiger partial charge is 0.120 e. The van der Waals surface area contributed by atoms with Crippen molar-refractivity contribution in [3.8, 4) is 0 Å². The minimum Gasteiger partial charge on any atom is -0.380 e. The molecule has 1 aromatic heterocycles. The zero-order chi connectivity index (χ0) is 16.8. The van der Waals surface area contributed by atoms with Gasteiger partial charge in [0.25, 0.3) is 0 Å². The van der Waals surface area contributed by atoms with Gasteiger partial charge >= 0.3 is 0 Å². The SMILES string of the molecule is C[Si]1(C)c2ccccc2C(O)(Cc2ccccc2)c2cnccc21. The van der Waals surface area contributed by atoms with E-state index < -0.39 is 13.7 Å². The fourth-order valence-corrected chi connectivity index (χ4v) is 7.23. The second-order valence-corrected chi connectivity index (χ2v) is 11.4. The quantitative estimate of drug-likeness (QED) is 0.733. The Morgan fingerprint density at radius 1 is 0.875 bits per heavy atom. The molecule has 1 atom stereocenters. The van der Waals surface area contributed by atoms with Crippen molar-refractivity contribution >= 4 is 18.4 Å². The maximum absolute atomic E-state index is 11.8. The van der Waals surface area contributed by atoms with Crippen LogP contribution in [-0.4, -0.2) is 18.2 Å². The maximum atomic E-state index is 11.8. The molecule has 120 valence electrons. The van der Waals surface area contributed by atoms with Crippen molar-refractivity contribution in [1.29, 1.82) is 0 Å². The number of benzene rings is 2. The van der Waals surface area contributed by atoms with E-state index in [4.69, 9.17) is 0 Å². The van der Waals surface area contributed by atoms with E-state index >= 15 is 0 Å². The van der Waals surface area contributed by atoms with Crippen LogP contribution in [0.2, 0.25) is 13.1 Å². The molecule has 0 saturated heterocycles. The van der Waals surface area contributed by atoms with E-state index in [2.05, 4.69) is 54.5 Å². The van der Waals surface area contributed by atoms with E-state index in [9.17, 15) is 5.11 Å². The average Bonchev–Trinajstić information content (AvgIpc) is 2.62. The molecule has 2 aromatic carbocycles. The topological polar surface area (TPSA) is 33.1 Å². The van der Waals surface area contributed by atoms with Crippen LogP contribution >= 0.6 is 0 Å². The van der Waals surface area contributed by atoms with Gasteiger partial charge < -0.3 is 5.11 Å². The summed E-state index contributed by atoms with van der Waals surface area (Å²) < 4.78 is 0. The molecule has 0 saturated carbocycles. The summed E-state index contributed by atoms with van der Waals surface area (Å²) in [5.41, 5.74) is 2.13. The summed E-state index contributed by atoms with van der Waals surface area (Å²) in [6.45, 7) is 4.71. The molecule has 1 aliphatic rings. The second kappa shape index (κ2) is 5.40. The van der Waals surface area contributed by atoms with E-state index in [0.717, 1.165) is 16.7 Å². The minimum absolute atomic E-state index is 0.564. The molecule has 1 unspecified atom stereocenters. The molecule has 0 aliphatic carbocycles. The Kier molecular flexibility index (Phi) is 3.44. The van der Waals surface area contributed by atoms with Gasteiger partial charge in [-0.25, -0.2) is 0 Å². The van der Waals surface area contributed by atoms with Crippen LogP contribution in [0.4, 0.5) is 0 Å². The summed E-state index contributed by atoms with van der Waals surface area (Å²) in [6, 6.07) is 20.7. The summed E-state index contributed by atoms with van der Waals surface area (Å²) in [6.07, 6.45) is 4.28. The van der Waals surface area contributed by atoms with Crippen LogP contribution in [0, 0.1) is 0 Å². The first-order valence-electron chi connectivity index (χ1n) is 8.35. The van der Waals surface area contributed by atoms with Gasteiger partial charge in [-0.15, -0.1) is 0 Å². The highest BCUT2D eigenvalue weighted by molar-refractivity contribution is 7.01. The molecule has 2 heterocycles. The van der Waals surface area contributed by atoms with E-state index in [1.54, 1.807) is 0 Å². The lowest BCUT2D eigenvalue weighted by atomic mass is 9.81. The Labute approximate surface area is 143 Å². The molecule has 4 rings (SSSR count). The number of pyridine rings is 1. The molecule has 1 aliphatic heterocycles. The molecule has 2 nitrogen and oxygen atoms in total.